The predicted molar refractivity (Wildman–Crippen MR) is 249 cm³/mol. The minimum atomic E-state index is -1.56. The summed E-state index contributed by atoms with van der Waals surface area (Å²) in [4.78, 5) is 12.8. The molecule has 7 atom stereocenters. The average Bonchev–Trinajstić information content (AvgIpc) is 3.25. The molecule has 1 amide bonds. The summed E-state index contributed by atoms with van der Waals surface area (Å²) in [5, 5.41) is 53.6. The molecular weight excluding hydrogens is 755 g/mol. The Hall–Kier alpha value is -1.33. The molecule has 0 bridgehead atoms. The van der Waals surface area contributed by atoms with Gasteiger partial charge >= 0.3 is 0 Å². The van der Waals surface area contributed by atoms with Crippen LogP contribution in [0, 0.1) is 0 Å². The smallest absolute Gasteiger partial charge is 0.220 e. The van der Waals surface area contributed by atoms with Gasteiger partial charge in [-0.05, 0) is 38.5 Å². The number of ether oxygens (including phenoxy) is 2. The third kappa shape index (κ3) is 31.5. The average molecular weight is 852 g/mol. The van der Waals surface area contributed by atoms with Crippen LogP contribution < -0.4 is 5.32 Å². The molecule has 1 aliphatic rings. The Bertz CT molecular complexity index is 992. The number of carbonyl (C=O) groups is 1. The Labute approximate surface area is 369 Å². The fourth-order valence-corrected chi connectivity index (χ4v) is 8.14. The molecule has 0 aromatic heterocycles. The Balaban J connectivity index is 1.96. The minimum absolute atomic E-state index is 0.183. The normalized spacial score (nSPS) is 20.7. The lowest BCUT2D eigenvalue weighted by Gasteiger charge is -2.40. The number of aliphatic hydroxyl groups is 5. The van der Waals surface area contributed by atoms with Crippen LogP contribution in [-0.2, 0) is 14.3 Å². The van der Waals surface area contributed by atoms with E-state index in [1.165, 1.54) is 180 Å². The SMILES string of the molecule is CCCC/C=C/C(O)C(COC1OC(CO)C(O)C(O)C1O)NC(=O)CCCCCCCCCCCCCCCCCCCCCCC/C=C\CCCCCCCCCC. The van der Waals surface area contributed by atoms with E-state index >= 15 is 0 Å². The largest absolute Gasteiger partial charge is 0.394 e. The number of nitrogens with one attached hydrogen (secondary N) is 1. The van der Waals surface area contributed by atoms with Crippen molar-refractivity contribution in [3.63, 3.8) is 0 Å². The molecule has 9 heteroatoms. The van der Waals surface area contributed by atoms with Gasteiger partial charge in [-0.1, -0.05) is 218 Å². The molecule has 60 heavy (non-hydrogen) atoms. The summed E-state index contributed by atoms with van der Waals surface area (Å²) in [6.07, 6.45) is 44.8. The second-order valence-electron chi connectivity index (χ2n) is 18.0. The Morgan fingerprint density at radius 2 is 0.950 bits per heavy atom. The third-order valence-corrected chi connectivity index (χ3v) is 12.3. The maximum absolute atomic E-state index is 12.8. The molecule has 1 rings (SSSR count). The number of allylic oxidation sites excluding steroid dienone is 3. The summed E-state index contributed by atoms with van der Waals surface area (Å²) in [7, 11) is 0. The first-order valence-electron chi connectivity index (χ1n) is 25.6. The Kier molecular flexibility index (Phi) is 39.4. The van der Waals surface area contributed by atoms with Crippen molar-refractivity contribution in [2.75, 3.05) is 13.2 Å². The number of carbonyl (C=O) groups excluding carboxylic acids is 1. The monoisotopic (exact) mass is 852 g/mol. The fraction of sp³-hybridized carbons (Fsp3) is 0.902. The second kappa shape index (κ2) is 41.7. The molecule has 1 aliphatic heterocycles. The summed E-state index contributed by atoms with van der Waals surface area (Å²) >= 11 is 0. The number of rotatable bonds is 43. The molecule has 7 unspecified atom stereocenters. The van der Waals surface area contributed by atoms with Crippen molar-refractivity contribution < 1.29 is 39.8 Å². The van der Waals surface area contributed by atoms with Crippen LogP contribution in [-0.4, -0.2) is 87.5 Å². The van der Waals surface area contributed by atoms with Gasteiger partial charge < -0.3 is 40.3 Å². The highest BCUT2D eigenvalue weighted by Crippen LogP contribution is 2.23. The molecule has 0 aliphatic carbocycles. The van der Waals surface area contributed by atoms with Crippen LogP contribution in [0.25, 0.3) is 0 Å². The summed E-state index contributed by atoms with van der Waals surface area (Å²) in [5.74, 6) is -0.183. The molecule has 0 aromatic carbocycles. The molecule has 1 fully saturated rings. The Morgan fingerprint density at radius 1 is 0.550 bits per heavy atom. The summed E-state index contributed by atoms with van der Waals surface area (Å²) in [5.41, 5.74) is 0. The molecule has 9 nitrogen and oxygen atoms in total. The number of aliphatic hydroxyl groups excluding tert-OH is 5. The van der Waals surface area contributed by atoms with E-state index in [1.807, 2.05) is 6.08 Å². The summed E-state index contributed by atoms with van der Waals surface area (Å²) in [6.45, 7) is 3.63. The van der Waals surface area contributed by atoms with E-state index in [2.05, 4.69) is 31.3 Å². The molecule has 0 spiro atoms. The van der Waals surface area contributed by atoms with Gasteiger partial charge in [-0.15, -0.1) is 0 Å². The number of amides is 1. The van der Waals surface area contributed by atoms with Crippen LogP contribution in [0.1, 0.15) is 239 Å². The van der Waals surface area contributed by atoms with Gasteiger partial charge in [-0.25, -0.2) is 0 Å². The first kappa shape index (κ1) is 56.7. The van der Waals surface area contributed by atoms with Crippen LogP contribution in [0.3, 0.4) is 0 Å². The standard InChI is InChI=1S/C51H97NO8/c1-3-5-7-9-10-11-12-13-14-15-16-17-18-19-20-21-22-23-24-25-26-27-28-29-30-31-32-33-34-35-36-37-39-41-47(55)52-44(45(54)40-38-8-6-4-2)43-59-51-50(58)49(57)48(56)46(42-53)60-51/h15-16,38,40,44-46,48-51,53-54,56-58H,3-14,17-37,39,41-43H2,1-2H3,(H,52,55)/b16-15-,40-38+. The van der Waals surface area contributed by atoms with Gasteiger partial charge in [-0.2, -0.15) is 0 Å². The van der Waals surface area contributed by atoms with Crippen molar-refractivity contribution in [3.05, 3.63) is 24.3 Å². The van der Waals surface area contributed by atoms with Gasteiger partial charge in [0.1, 0.15) is 24.4 Å². The van der Waals surface area contributed by atoms with Crippen LogP contribution in [0.4, 0.5) is 0 Å². The van der Waals surface area contributed by atoms with Gasteiger partial charge in [-0.3, -0.25) is 4.79 Å². The summed E-state index contributed by atoms with van der Waals surface area (Å²) < 4.78 is 11.1. The molecule has 6 N–H and O–H groups in total. The molecule has 0 saturated carbocycles. The lowest BCUT2D eigenvalue weighted by molar-refractivity contribution is -0.302. The first-order valence-corrected chi connectivity index (χ1v) is 25.6. The predicted octanol–water partition coefficient (Wildman–Crippen LogP) is 11.5. The molecule has 1 heterocycles. The molecule has 1 saturated heterocycles. The maximum Gasteiger partial charge on any atom is 0.220 e. The van der Waals surface area contributed by atoms with Crippen molar-refractivity contribution in [1.29, 1.82) is 0 Å². The maximum atomic E-state index is 12.8. The quantitative estimate of drug-likeness (QED) is 0.0262. The van der Waals surface area contributed by atoms with Crippen molar-refractivity contribution in [2.45, 2.75) is 281 Å². The second-order valence-corrected chi connectivity index (χ2v) is 18.0. The molecular formula is C51H97NO8. The molecule has 0 aromatic rings. The van der Waals surface area contributed by atoms with Crippen LogP contribution in [0.5, 0.6) is 0 Å². The first-order chi connectivity index (χ1) is 29.3. The number of unbranched alkanes of at least 4 members (excludes halogenated alkanes) is 31. The van der Waals surface area contributed by atoms with E-state index in [0.29, 0.717) is 6.42 Å². The lowest BCUT2D eigenvalue weighted by Crippen LogP contribution is -2.60. The lowest BCUT2D eigenvalue weighted by atomic mass is 9.99. The number of hydrogen-bond donors (Lipinski definition) is 6. The van der Waals surface area contributed by atoms with E-state index < -0.39 is 49.5 Å². The minimum Gasteiger partial charge on any atom is -0.394 e. The van der Waals surface area contributed by atoms with Gasteiger partial charge in [0.05, 0.1) is 25.4 Å². The number of hydrogen-bond acceptors (Lipinski definition) is 8. The zero-order chi connectivity index (χ0) is 43.7. The van der Waals surface area contributed by atoms with E-state index in [0.717, 1.165) is 38.5 Å². The van der Waals surface area contributed by atoms with E-state index in [4.69, 9.17) is 9.47 Å². The topological polar surface area (TPSA) is 149 Å². The van der Waals surface area contributed by atoms with Gasteiger partial charge in [0.2, 0.25) is 5.91 Å². The van der Waals surface area contributed by atoms with Crippen LogP contribution in [0.15, 0.2) is 24.3 Å². The Morgan fingerprint density at radius 3 is 1.38 bits per heavy atom. The van der Waals surface area contributed by atoms with Crippen LogP contribution in [0.2, 0.25) is 0 Å². The van der Waals surface area contributed by atoms with E-state index in [1.54, 1.807) is 6.08 Å². The van der Waals surface area contributed by atoms with Crippen molar-refractivity contribution in [2.24, 2.45) is 0 Å². The van der Waals surface area contributed by atoms with E-state index in [9.17, 15) is 30.3 Å². The van der Waals surface area contributed by atoms with Crippen LogP contribution >= 0.6 is 0 Å². The zero-order valence-corrected chi connectivity index (χ0v) is 39.0. The van der Waals surface area contributed by atoms with Crippen molar-refractivity contribution >= 4 is 5.91 Å². The molecule has 0 radical (unpaired) electrons. The van der Waals surface area contributed by atoms with Gasteiger partial charge in [0, 0.05) is 6.42 Å². The van der Waals surface area contributed by atoms with E-state index in [-0.39, 0.29) is 12.5 Å². The van der Waals surface area contributed by atoms with Gasteiger partial charge in [0.25, 0.3) is 0 Å². The highest BCUT2D eigenvalue weighted by Gasteiger charge is 2.44. The van der Waals surface area contributed by atoms with Crippen molar-refractivity contribution in [3.8, 4) is 0 Å². The fourth-order valence-electron chi connectivity index (χ4n) is 8.14. The highest BCUT2D eigenvalue weighted by molar-refractivity contribution is 5.76. The van der Waals surface area contributed by atoms with Gasteiger partial charge in [0.15, 0.2) is 6.29 Å². The third-order valence-electron chi connectivity index (χ3n) is 12.3. The summed E-state index contributed by atoms with van der Waals surface area (Å²) in [6, 6.07) is -0.797. The van der Waals surface area contributed by atoms with Crippen molar-refractivity contribution in [1.82, 2.24) is 5.32 Å². The highest BCUT2D eigenvalue weighted by atomic mass is 16.7. The molecule has 354 valence electrons. The zero-order valence-electron chi connectivity index (χ0n) is 39.0.